The maximum Gasteiger partial charge on any atom is 0.0913 e. The van der Waals surface area contributed by atoms with Crippen LogP contribution in [0.2, 0.25) is 0 Å². The first-order valence-corrected chi connectivity index (χ1v) is 4.46. The third-order valence-electron chi connectivity index (χ3n) is 1.55. The molecular weight excluding hydrogens is 258 g/mol. The van der Waals surface area contributed by atoms with Crippen LogP contribution in [0.5, 0.6) is 0 Å². The van der Waals surface area contributed by atoms with Crippen molar-refractivity contribution in [2.75, 3.05) is 6.67 Å². The number of halogens is 3. The monoisotopic (exact) mass is 268 g/mol. The molecule has 1 atom stereocenters. The number of pyridine rings is 1. The minimum Gasteiger partial charge on any atom is -0.323 e. The summed E-state index contributed by atoms with van der Waals surface area (Å²) in [6.45, 7) is -0.404. The summed E-state index contributed by atoms with van der Waals surface area (Å²) in [5.74, 6) is 0. The number of alkyl halides is 1. The van der Waals surface area contributed by atoms with E-state index in [0.29, 0.717) is 6.42 Å². The lowest BCUT2D eigenvalue weighted by molar-refractivity contribution is 0.438. The minimum atomic E-state index is -0.404. The topological polar surface area (TPSA) is 38.9 Å². The fourth-order valence-corrected chi connectivity index (χ4v) is 1.11. The van der Waals surface area contributed by atoms with E-state index in [1.54, 1.807) is 12.3 Å². The van der Waals surface area contributed by atoms with Crippen molar-refractivity contribution in [3.63, 3.8) is 0 Å². The second-order valence-electron chi connectivity index (χ2n) is 2.49. The summed E-state index contributed by atoms with van der Waals surface area (Å²) in [5.41, 5.74) is 6.37. The van der Waals surface area contributed by atoms with Crippen LogP contribution in [0.1, 0.15) is 18.2 Å². The van der Waals surface area contributed by atoms with Crippen LogP contribution in [-0.2, 0) is 0 Å². The first-order valence-electron chi connectivity index (χ1n) is 3.67. The third kappa shape index (κ3) is 4.02. The van der Waals surface area contributed by atoms with Crippen molar-refractivity contribution in [1.82, 2.24) is 4.98 Å². The van der Waals surface area contributed by atoms with Crippen LogP contribution in [-0.4, -0.2) is 11.7 Å². The summed E-state index contributed by atoms with van der Waals surface area (Å²) < 4.78 is 12.8. The molecule has 0 fully saturated rings. The van der Waals surface area contributed by atoms with Crippen LogP contribution >= 0.6 is 28.3 Å². The summed E-state index contributed by atoms with van der Waals surface area (Å²) in [6, 6.07) is 3.35. The molecule has 0 aromatic carbocycles. The molecule has 0 saturated heterocycles. The number of nitrogens with two attached hydrogens (primary N) is 1. The molecule has 0 unspecified atom stereocenters. The highest BCUT2D eigenvalue weighted by Crippen LogP contribution is 2.14. The van der Waals surface area contributed by atoms with Gasteiger partial charge in [-0.05, 0) is 34.5 Å². The molecule has 0 radical (unpaired) electrons. The first kappa shape index (κ1) is 12.8. The summed E-state index contributed by atoms with van der Waals surface area (Å²) >= 11 is 3.26. The average Bonchev–Trinajstić information content (AvgIpc) is 2.06. The zero-order valence-corrected chi connectivity index (χ0v) is 9.31. The van der Waals surface area contributed by atoms with Gasteiger partial charge in [-0.2, -0.15) is 0 Å². The smallest absolute Gasteiger partial charge is 0.0913 e. The Kier molecular flexibility index (Phi) is 6.20. The average molecular weight is 270 g/mol. The van der Waals surface area contributed by atoms with Crippen molar-refractivity contribution in [3.8, 4) is 0 Å². The fraction of sp³-hybridized carbons (Fsp3) is 0.375. The Hall–Kier alpha value is -0.190. The SMILES string of the molecule is Cl.N[C@H](CCF)c1ccc(Br)cn1. The molecule has 5 heteroatoms. The molecule has 1 heterocycles. The van der Waals surface area contributed by atoms with Gasteiger partial charge in [0.2, 0.25) is 0 Å². The highest BCUT2D eigenvalue weighted by atomic mass is 79.9. The summed E-state index contributed by atoms with van der Waals surface area (Å²) in [4.78, 5) is 4.06. The molecule has 0 saturated carbocycles. The molecular formula is C8H11BrClFN2. The minimum absolute atomic E-state index is 0. The van der Waals surface area contributed by atoms with E-state index in [4.69, 9.17) is 5.73 Å². The molecule has 74 valence electrons. The van der Waals surface area contributed by atoms with Gasteiger partial charge >= 0.3 is 0 Å². The van der Waals surface area contributed by atoms with E-state index in [1.165, 1.54) is 0 Å². The predicted octanol–water partition coefficient (Wildman–Crippen LogP) is 2.63. The normalized spacial score (nSPS) is 11.9. The van der Waals surface area contributed by atoms with Crippen molar-refractivity contribution in [3.05, 3.63) is 28.5 Å². The van der Waals surface area contributed by atoms with Gasteiger partial charge in [0.1, 0.15) is 0 Å². The maximum atomic E-state index is 11.9. The van der Waals surface area contributed by atoms with Crippen LogP contribution in [0.15, 0.2) is 22.8 Å². The standard InChI is InChI=1S/C8H10BrFN2.ClH/c9-6-1-2-8(12-5-6)7(11)3-4-10;/h1-2,5,7H,3-4,11H2;1H/t7-;/m1./s1. The van der Waals surface area contributed by atoms with Gasteiger partial charge in [-0.3, -0.25) is 9.37 Å². The van der Waals surface area contributed by atoms with Crippen LogP contribution in [0.3, 0.4) is 0 Å². The Labute approximate surface area is 91.3 Å². The summed E-state index contributed by atoms with van der Waals surface area (Å²) in [7, 11) is 0. The van der Waals surface area contributed by atoms with E-state index >= 15 is 0 Å². The molecule has 2 nitrogen and oxygen atoms in total. The van der Waals surface area contributed by atoms with Gasteiger partial charge in [0.25, 0.3) is 0 Å². The molecule has 0 aliphatic rings. The summed E-state index contributed by atoms with van der Waals surface area (Å²) in [6.07, 6.45) is 1.99. The van der Waals surface area contributed by atoms with Crippen LogP contribution in [0.25, 0.3) is 0 Å². The molecule has 0 spiro atoms. The van der Waals surface area contributed by atoms with E-state index in [0.717, 1.165) is 10.2 Å². The third-order valence-corrected chi connectivity index (χ3v) is 2.02. The van der Waals surface area contributed by atoms with Crippen molar-refractivity contribution < 1.29 is 4.39 Å². The van der Waals surface area contributed by atoms with Crippen molar-refractivity contribution in [2.45, 2.75) is 12.5 Å². The Morgan fingerprint density at radius 1 is 1.54 bits per heavy atom. The number of hydrogen-bond donors (Lipinski definition) is 1. The molecule has 0 aliphatic carbocycles. The van der Waals surface area contributed by atoms with Gasteiger partial charge < -0.3 is 5.73 Å². The molecule has 13 heavy (non-hydrogen) atoms. The van der Waals surface area contributed by atoms with Crippen molar-refractivity contribution in [2.24, 2.45) is 5.73 Å². The van der Waals surface area contributed by atoms with Gasteiger partial charge in [-0.15, -0.1) is 12.4 Å². The quantitative estimate of drug-likeness (QED) is 0.916. The zero-order chi connectivity index (χ0) is 8.97. The van der Waals surface area contributed by atoms with Gasteiger partial charge in [-0.1, -0.05) is 0 Å². The lowest BCUT2D eigenvalue weighted by atomic mass is 10.1. The van der Waals surface area contributed by atoms with Gasteiger partial charge in [-0.25, -0.2) is 0 Å². The van der Waals surface area contributed by atoms with E-state index in [-0.39, 0.29) is 18.4 Å². The van der Waals surface area contributed by atoms with Crippen LogP contribution in [0.4, 0.5) is 4.39 Å². The highest BCUT2D eigenvalue weighted by molar-refractivity contribution is 9.10. The Morgan fingerprint density at radius 2 is 2.23 bits per heavy atom. The molecule has 0 amide bonds. The lowest BCUT2D eigenvalue weighted by Crippen LogP contribution is -2.12. The molecule has 1 aromatic heterocycles. The summed E-state index contributed by atoms with van der Waals surface area (Å²) in [5, 5.41) is 0. The van der Waals surface area contributed by atoms with E-state index in [2.05, 4.69) is 20.9 Å². The van der Waals surface area contributed by atoms with Crippen molar-refractivity contribution in [1.29, 1.82) is 0 Å². The Balaban J connectivity index is 0.00000144. The number of hydrogen-bond acceptors (Lipinski definition) is 2. The fourth-order valence-electron chi connectivity index (χ4n) is 0.872. The molecule has 1 rings (SSSR count). The maximum absolute atomic E-state index is 11.9. The lowest BCUT2D eigenvalue weighted by Gasteiger charge is -2.07. The number of nitrogens with zero attached hydrogens (tertiary/aromatic N) is 1. The van der Waals surface area contributed by atoms with Gasteiger partial charge in [0.05, 0.1) is 12.4 Å². The zero-order valence-electron chi connectivity index (χ0n) is 6.91. The molecule has 1 aromatic rings. The molecule has 0 aliphatic heterocycles. The van der Waals surface area contributed by atoms with Gasteiger partial charge in [0.15, 0.2) is 0 Å². The van der Waals surface area contributed by atoms with E-state index < -0.39 is 6.67 Å². The number of rotatable bonds is 3. The van der Waals surface area contributed by atoms with E-state index in [9.17, 15) is 4.39 Å². The first-order chi connectivity index (χ1) is 5.74. The van der Waals surface area contributed by atoms with Crippen molar-refractivity contribution >= 4 is 28.3 Å². The second-order valence-corrected chi connectivity index (χ2v) is 3.40. The van der Waals surface area contributed by atoms with Crippen LogP contribution < -0.4 is 5.73 Å². The predicted molar refractivity (Wildman–Crippen MR) is 56.7 cm³/mol. The largest absolute Gasteiger partial charge is 0.323 e. The Bertz CT molecular complexity index is 242. The Morgan fingerprint density at radius 3 is 2.69 bits per heavy atom. The van der Waals surface area contributed by atoms with Gasteiger partial charge in [0, 0.05) is 16.7 Å². The second kappa shape index (κ2) is 6.29. The highest BCUT2D eigenvalue weighted by Gasteiger charge is 2.05. The molecule has 0 bridgehead atoms. The van der Waals surface area contributed by atoms with E-state index in [1.807, 2.05) is 6.07 Å². The number of aromatic nitrogens is 1. The molecule has 2 N–H and O–H groups in total. The van der Waals surface area contributed by atoms with Crippen LogP contribution in [0, 0.1) is 0 Å².